The van der Waals surface area contributed by atoms with Crippen molar-refractivity contribution in [2.45, 2.75) is 66.0 Å². The summed E-state index contributed by atoms with van der Waals surface area (Å²) in [6.45, 7) is 13.4. The van der Waals surface area contributed by atoms with Crippen LogP contribution in [0.4, 0.5) is 0 Å². The Hall–Kier alpha value is -6.17. The summed E-state index contributed by atoms with van der Waals surface area (Å²) >= 11 is 0. The van der Waals surface area contributed by atoms with Crippen molar-refractivity contribution in [3.05, 3.63) is 199 Å². The second-order valence-electron chi connectivity index (χ2n) is 17.8. The van der Waals surface area contributed by atoms with Gasteiger partial charge in [0, 0.05) is 50.0 Å². The first-order valence-corrected chi connectivity index (χ1v) is 25.2. The summed E-state index contributed by atoms with van der Waals surface area (Å²) in [5, 5.41) is 3.63. The number of pyridine rings is 1. The maximum Gasteiger partial charge on any atom is 0.0795 e. The smallest absolute Gasteiger partial charge is 0.0795 e. The van der Waals surface area contributed by atoms with Crippen LogP contribution in [0.1, 0.15) is 63.1 Å². The van der Waals surface area contributed by atoms with Crippen LogP contribution in [0.2, 0.25) is 19.6 Å². The molecule has 6 heteroatoms. The predicted octanol–water partition coefficient (Wildman–Crippen LogP) is 14.9. The van der Waals surface area contributed by atoms with Gasteiger partial charge in [-0.15, -0.1) is 59.1 Å². The van der Waals surface area contributed by atoms with Gasteiger partial charge in [-0.2, -0.15) is 0 Å². The SMILES string of the molecule is CC(C)c1cc(-c2ccccc2)cc(C(C)C)c1-n1c(-c2[c-]cc3c(c2)c2ccccc2n3-c2ccccc2)nc2ccccc21.[2H]c1[c-]c(-c2ccc([Si](C)(C)C)cn2)cc([2H])c1C([2H])([2H])[2H].[Ir]. The minimum atomic E-state index is -2.47. The van der Waals surface area contributed by atoms with Crippen LogP contribution in [0.25, 0.3) is 78.0 Å². The second-order valence-corrected chi connectivity index (χ2v) is 22.9. The minimum Gasteiger partial charge on any atom is -0.351 e. The van der Waals surface area contributed by atoms with Gasteiger partial charge in [0.2, 0.25) is 0 Å². The first-order valence-electron chi connectivity index (χ1n) is 24.2. The van der Waals surface area contributed by atoms with Crippen molar-refractivity contribution in [2.75, 3.05) is 0 Å². The van der Waals surface area contributed by atoms with Gasteiger partial charge in [-0.05, 0) is 98.3 Å². The van der Waals surface area contributed by atoms with Gasteiger partial charge in [-0.25, -0.2) is 0 Å². The second kappa shape index (κ2) is 18.5. The molecule has 3 heterocycles. The van der Waals surface area contributed by atoms with E-state index in [1.54, 1.807) is 0 Å². The summed E-state index contributed by atoms with van der Waals surface area (Å²) in [7, 11) is -1.43. The fourth-order valence-corrected chi connectivity index (χ4v) is 9.46. The van der Waals surface area contributed by atoms with Crippen molar-refractivity contribution in [2.24, 2.45) is 0 Å². The van der Waals surface area contributed by atoms with E-state index in [1.165, 1.54) is 55.5 Å². The number of imidazole rings is 1. The van der Waals surface area contributed by atoms with Crippen LogP contribution >= 0.6 is 0 Å². The molecule has 64 heavy (non-hydrogen) atoms. The van der Waals surface area contributed by atoms with E-state index in [2.05, 4.69) is 207 Å². The first kappa shape index (κ1) is 38.3. The molecule has 7 aromatic carbocycles. The van der Waals surface area contributed by atoms with Crippen molar-refractivity contribution < 1.29 is 27.0 Å². The molecule has 0 amide bonds. The van der Waals surface area contributed by atoms with Crippen LogP contribution in [-0.2, 0) is 20.1 Å². The Morgan fingerprint density at radius 2 is 1.28 bits per heavy atom. The molecule has 0 unspecified atom stereocenters. The molecule has 0 aliphatic rings. The number of hydrogen-bond acceptors (Lipinski definition) is 2. The van der Waals surface area contributed by atoms with Crippen LogP contribution < -0.4 is 5.19 Å². The third-order valence-corrected chi connectivity index (χ3v) is 13.8. The average Bonchev–Trinajstić information content (AvgIpc) is 3.87. The molecule has 3 aromatic heterocycles. The van der Waals surface area contributed by atoms with Gasteiger partial charge in [0.15, 0.2) is 0 Å². The first-order chi connectivity index (χ1) is 32.5. The molecule has 0 fully saturated rings. The van der Waals surface area contributed by atoms with Gasteiger partial charge >= 0.3 is 0 Å². The number of hydrogen-bond donors (Lipinski definition) is 0. The molecule has 10 rings (SSSR count). The van der Waals surface area contributed by atoms with Gasteiger partial charge in [-0.1, -0.05) is 151 Å². The molecule has 0 saturated heterocycles. The van der Waals surface area contributed by atoms with E-state index in [4.69, 9.17) is 11.8 Å². The van der Waals surface area contributed by atoms with Crippen LogP contribution in [0.3, 0.4) is 0 Å². The van der Waals surface area contributed by atoms with Gasteiger partial charge < -0.3 is 14.1 Å². The van der Waals surface area contributed by atoms with Crippen molar-refractivity contribution in [1.82, 2.24) is 19.1 Å². The van der Waals surface area contributed by atoms with E-state index in [9.17, 15) is 0 Å². The topological polar surface area (TPSA) is 35.6 Å². The molecular formula is C58H54IrN4Si-2. The van der Waals surface area contributed by atoms with Gasteiger partial charge in [0.05, 0.1) is 24.9 Å². The fourth-order valence-electron chi connectivity index (χ4n) is 8.42. The van der Waals surface area contributed by atoms with E-state index in [1.807, 2.05) is 18.3 Å². The van der Waals surface area contributed by atoms with E-state index in [0.29, 0.717) is 23.1 Å². The van der Waals surface area contributed by atoms with Crippen LogP contribution in [0, 0.1) is 19.0 Å². The zero-order chi connectivity index (χ0) is 48.1. The molecule has 0 aliphatic heterocycles. The Morgan fingerprint density at radius 1 is 0.625 bits per heavy atom. The molecule has 321 valence electrons. The molecule has 10 aromatic rings. The summed E-state index contributed by atoms with van der Waals surface area (Å²) < 4.78 is 42.6. The largest absolute Gasteiger partial charge is 0.351 e. The summed E-state index contributed by atoms with van der Waals surface area (Å²) in [6, 6.07) is 59.0. The Labute approximate surface area is 400 Å². The van der Waals surface area contributed by atoms with Crippen molar-refractivity contribution in [3.8, 4) is 45.1 Å². The van der Waals surface area contributed by atoms with Gasteiger partial charge in [-0.3, -0.25) is 4.98 Å². The van der Waals surface area contributed by atoms with Crippen molar-refractivity contribution >= 4 is 46.1 Å². The molecule has 0 bridgehead atoms. The average molecular weight is 1030 g/mol. The summed E-state index contributed by atoms with van der Waals surface area (Å²) in [5.41, 5.74) is 13.7. The number of benzene rings is 7. The standard InChI is InChI=1S/C43H36N3.C15H18NSi.Ir/c1-28(2)35-26-32(30-15-7-5-8-16-30)27-36(29(3)4)42(35)46-41-22-14-12-20-38(41)44-43(46)31-23-24-40-37(25-31)34-19-11-13-21-39(34)45(40)33-17-9-6-10-18-33;1-12-5-7-13(8-6-12)15-10-9-14(11-16-15)17(2,3)4;/h5-22,24-29H,1-4H3;5-7,9-11H,1-4H3;/q2*-1;/i;1D3,5D,6D;. The molecule has 1 radical (unpaired) electrons. The van der Waals surface area contributed by atoms with Crippen LogP contribution in [-0.4, -0.2) is 27.2 Å². The molecular weight excluding hydrogens is 973 g/mol. The Kier molecular flexibility index (Phi) is 11.1. The Morgan fingerprint density at radius 3 is 1.92 bits per heavy atom. The van der Waals surface area contributed by atoms with Crippen molar-refractivity contribution in [3.63, 3.8) is 0 Å². The number of aromatic nitrogens is 4. The number of para-hydroxylation sites is 4. The van der Waals surface area contributed by atoms with Crippen molar-refractivity contribution in [1.29, 1.82) is 0 Å². The normalized spacial score (nSPS) is 12.9. The molecule has 0 saturated carbocycles. The van der Waals surface area contributed by atoms with Gasteiger partial charge in [0.25, 0.3) is 0 Å². The van der Waals surface area contributed by atoms with E-state index >= 15 is 0 Å². The zero-order valence-electron chi connectivity index (χ0n) is 42.3. The predicted molar refractivity (Wildman–Crippen MR) is 270 cm³/mol. The molecule has 0 atom stereocenters. The number of fused-ring (bicyclic) bond motifs is 4. The molecule has 0 spiro atoms. The fraction of sp³-hybridized carbons (Fsp3) is 0.172. The van der Waals surface area contributed by atoms with E-state index in [-0.39, 0.29) is 37.8 Å². The van der Waals surface area contributed by atoms with Crippen LogP contribution in [0.5, 0.6) is 0 Å². The minimum absolute atomic E-state index is 0. The maximum absolute atomic E-state index is 7.88. The maximum atomic E-state index is 7.88. The number of rotatable bonds is 8. The Balaban J connectivity index is 0.000000236. The van der Waals surface area contributed by atoms with E-state index < -0.39 is 14.9 Å². The monoisotopic (exact) mass is 1030 g/mol. The third-order valence-electron chi connectivity index (χ3n) is 11.8. The van der Waals surface area contributed by atoms with Gasteiger partial charge in [0.1, 0.15) is 0 Å². The summed E-state index contributed by atoms with van der Waals surface area (Å²) in [6.07, 6.45) is 1.82. The number of nitrogens with zero attached hydrogens (tertiary/aromatic N) is 4. The summed E-state index contributed by atoms with van der Waals surface area (Å²) in [5.74, 6) is 1.52. The molecule has 0 N–H and O–H groups in total. The summed E-state index contributed by atoms with van der Waals surface area (Å²) in [4.78, 5) is 9.70. The quantitative estimate of drug-likeness (QED) is 0.112. The zero-order valence-corrected chi connectivity index (χ0v) is 40.7. The van der Waals surface area contributed by atoms with Crippen LogP contribution in [0.15, 0.2) is 170 Å². The third kappa shape index (κ3) is 8.71. The van der Waals surface area contributed by atoms with E-state index in [0.717, 1.165) is 33.6 Å². The molecule has 0 aliphatic carbocycles. The molecule has 4 nitrogen and oxygen atoms in total. The Bertz CT molecular complexity index is 3390.